The molecule has 0 unspecified atom stereocenters. The number of carboxylic acids is 1. The second-order valence-corrected chi connectivity index (χ2v) is 6.97. The lowest BCUT2D eigenvalue weighted by Crippen LogP contribution is -2.53. The molecule has 1 fully saturated rings. The second-order valence-electron chi connectivity index (χ2n) is 6.97. The summed E-state index contributed by atoms with van der Waals surface area (Å²) in [5.41, 5.74) is -0.507. The largest absolute Gasteiger partial charge is 0.480 e. The van der Waals surface area contributed by atoms with Gasteiger partial charge in [0.1, 0.15) is 6.04 Å². The molecular weight excluding hydrogens is 256 g/mol. The fraction of sp³-hybridized carbons (Fsp3) is 0.867. The van der Waals surface area contributed by atoms with Crippen molar-refractivity contribution in [3.63, 3.8) is 0 Å². The first-order valence-corrected chi connectivity index (χ1v) is 7.46. The van der Waals surface area contributed by atoms with Crippen LogP contribution < -0.4 is 5.32 Å². The van der Waals surface area contributed by atoms with Gasteiger partial charge in [-0.05, 0) is 24.2 Å². The fourth-order valence-corrected chi connectivity index (χ4v) is 2.72. The van der Waals surface area contributed by atoms with E-state index in [4.69, 9.17) is 0 Å². The minimum atomic E-state index is -0.989. The average molecular weight is 284 g/mol. The van der Waals surface area contributed by atoms with E-state index in [1.54, 1.807) is 11.9 Å². The maximum atomic E-state index is 12.1. The topological polar surface area (TPSA) is 69.6 Å². The Kier molecular flexibility index (Phi) is 5.84. The molecule has 1 aliphatic rings. The standard InChI is InChI=1S/C15H28N2O3/c1-15(2,3)12(13(18)19)16-14(20)17(4)10-11-8-6-5-7-9-11/h11-12H,5-10H2,1-4H3,(H,16,20)(H,18,19)/t12-/m1/s1. The monoisotopic (exact) mass is 284 g/mol. The summed E-state index contributed by atoms with van der Waals surface area (Å²) in [5, 5.41) is 11.9. The molecule has 0 spiro atoms. The van der Waals surface area contributed by atoms with Crippen LogP contribution in [-0.2, 0) is 4.79 Å². The quantitative estimate of drug-likeness (QED) is 0.834. The molecule has 0 bridgehead atoms. The third kappa shape index (κ3) is 5.02. The summed E-state index contributed by atoms with van der Waals surface area (Å²) >= 11 is 0. The van der Waals surface area contributed by atoms with Crippen LogP contribution in [0.4, 0.5) is 4.79 Å². The number of nitrogens with zero attached hydrogens (tertiary/aromatic N) is 1. The maximum absolute atomic E-state index is 12.1. The predicted octanol–water partition coefficient (Wildman–Crippen LogP) is 2.71. The van der Waals surface area contributed by atoms with Gasteiger partial charge in [0.05, 0.1) is 0 Å². The smallest absolute Gasteiger partial charge is 0.326 e. The molecule has 20 heavy (non-hydrogen) atoms. The number of carboxylic acid groups (broad SMARTS) is 1. The number of rotatable bonds is 4. The third-order valence-corrected chi connectivity index (χ3v) is 3.98. The minimum Gasteiger partial charge on any atom is -0.480 e. The third-order valence-electron chi connectivity index (χ3n) is 3.98. The molecule has 0 heterocycles. The molecule has 2 amide bonds. The lowest BCUT2D eigenvalue weighted by molar-refractivity contribution is -0.142. The predicted molar refractivity (Wildman–Crippen MR) is 78.6 cm³/mol. The van der Waals surface area contributed by atoms with Crippen LogP contribution in [0.1, 0.15) is 52.9 Å². The average Bonchev–Trinajstić information content (AvgIpc) is 2.34. The van der Waals surface area contributed by atoms with Crippen molar-refractivity contribution in [3.8, 4) is 0 Å². The van der Waals surface area contributed by atoms with E-state index in [9.17, 15) is 14.7 Å². The summed E-state index contributed by atoms with van der Waals surface area (Å²) in [6.07, 6.45) is 6.09. The lowest BCUT2D eigenvalue weighted by atomic mass is 9.87. The highest BCUT2D eigenvalue weighted by molar-refractivity contribution is 5.83. The van der Waals surface area contributed by atoms with Crippen LogP contribution in [0.5, 0.6) is 0 Å². The highest BCUT2D eigenvalue weighted by atomic mass is 16.4. The van der Waals surface area contributed by atoms with E-state index in [1.165, 1.54) is 32.1 Å². The molecule has 0 aliphatic heterocycles. The van der Waals surface area contributed by atoms with E-state index >= 15 is 0 Å². The Hall–Kier alpha value is -1.26. The van der Waals surface area contributed by atoms with Crippen LogP contribution in [0, 0.1) is 11.3 Å². The van der Waals surface area contributed by atoms with E-state index in [2.05, 4.69) is 5.32 Å². The molecule has 1 atom stereocenters. The maximum Gasteiger partial charge on any atom is 0.326 e. The number of hydrogen-bond acceptors (Lipinski definition) is 2. The Bertz CT molecular complexity index is 344. The molecule has 116 valence electrons. The van der Waals surface area contributed by atoms with Gasteiger partial charge >= 0.3 is 12.0 Å². The number of amides is 2. The number of carbonyl (C=O) groups is 2. The first kappa shape index (κ1) is 16.8. The number of hydrogen-bond donors (Lipinski definition) is 2. The highest BCUT2D eigenvalue weighted by Crippen LogP contribution is 2.24. The van der Waals surface area contributed by atoms with E-state index in [0.29, 0.717) is 12.5 Å². The molecule has 2 N–H and O–H groups in total. The zero-order chi connectivity index (χ0) is 15.3. The van der Waals surface area contributed by atoms with Crippen molar-refractivity contribution in [2.24, 2.45) is 11.3 Å². The van der Waals surface area contributed by atoms with Crippen LogP contribution in [-0.4, -0.2) is 41.6 Å². The molecule has 5 nitrogen and oxygen atoms in total. The first-order chi connectivity index (χ1) is 9.21. The van der Waals surface area contributed by atoms with Gasteiger partial charge in [-0.3, -0.25) is 0 Å². The van der Waals surface area contributed by atoms with Crippen molar-refractivity contribution in [1.82, 2.24) is 10.2 Å². The minimum absolute atomic E-state index is 0.294. The molecule has 1 aliphatic carbocycles. The molecule has 0 saturated heterocycles. The van der Waals surface area contributed by atoms with Gasteiger partial charge in [0.25, 0.3) is 0 Å². The summed E-state index contributed by atoms with van der Waals surface area (Å²) in [6, 6.07) is -1.17. The van der Waals surface area contributed by atoms with Crippen molar-refractivity contribution in [2.45, 2.75) is 58.9 Å². The van der Waals surface area contributed by atoms with Gasteiger partial charge in [-0.25, -0.2) is 9.59 Å². The van der Waals surface area contributed by atoms with Crippen LogP contribution >= 0.6 is 0 Å². The Morgan fingerprint density at radius 3 is 2.25 bits per heavy atom. The van der Waals surface area contributed by atoms with Crippen LogP contribution in [0.15, 0.2) is 0 Å². The van der Waals surface area contributed by atoms with Gasteiger partial charge in [0.15, 0.2) is 0 Å². The van der Waals surface area contributed by atoms with Gasteiger partial charge < -0.3 is 15.3 Å². The Morgan fingerprint density at radius 2 is 1.80 bits per heavy atom. The fourth-order valence-electron chi connectivity index (χ4n) is 2.72. The molecule has 1 rings (SSSR count). The number of nitrogens with one attached hydrogen (secondary N) is 1. The molecule has 1 saturated carbocycles. The summed E-state index contributed by atoms with van der Waals surface area (Å²) < 4.78 is 0. The van der Waals surface area contributed by atoms with Gasteiger partial charge in [0, 0.05) is 13.6 Å². The number of aliphatic carboxylic acids is 1. The second kappa shape index (κ2) is 6.95. The summed E-state index contributed by atoms with van der Waals surface area (Å²) in [6.45, 7) is 6.15. The zero-order valence-corrected chi connectivity index (χ0v) is 13.1. The van der Waals surface area contributed by atoms with E-state index in [-0.39, 0.29) is 6.03 Å². The summed E-state index contributed by atoms with van der Waals surface area (Å²) in [5.74, 6) is -0.436. The number of carbonyl (C=O) groups excluding carboxylic acids is 1. The van der Waals surface area contributed by atoms with Crippen molar-refractivity contribution < 1.29 is 14.7 Å². The van der Waals surface area contributed by atoms with Gasteiger partial charge in [0.2, 0.25) is 0 Å². The van der Waals surface area contributed by atoms with E-state index in [0.717, 1.165) is 0 Å². The van der Waals surface area contributed by atoms with E-state index in [1.807, 2.05) is 20.8 Å². The lowest BCUT2D eigenvalue weighted by Gasteiger charge is -2.31. The summed E-state index contributed by atoms with van der Waals surface area (Å²) in [4.78, 5) is 25.0. The molecule has 0 aromatic rings. The van der Waals surface area contributed by atoms with Crippen molar-refractivity contribution in [3.05, 3.63) is 0 Å². The van der Waals surface area contributed by atoms with Crippen molar-refractivity contribution >= 4 is 12.0 Å². The van der Waals surface area contributed by atoms with Crippen LogP contribution in [0.3, 0.4) is 0 Å². The molecule has 0 aromatic heterocycles. The molecular formula is C15H28N2O3. The molecule has 5 heteroatoms. The molecule has 0 aromatic carbocycles. The normalized spacial score (nSPS) is 18.4. The van der Waals surface area contributed by atoms with E-state index < -0.39 is 17.4 Å². The Balaban J connectivity index is 2.53. The van der Waals surface area contributed by atoms with Gasteiger partial charge in [-0.15, -0.1) is 0 Å². The summed E-state index contributed by atoms with van der Waals surface area (Å²) in [7, 11) is 1.74. The highest BCUT2D eigenvalue weighted by Gasteiger charge is 2.33. The Labute approximate surface area is 121 Å². The van der Waals surface area contributed by atoms with Crippen molar-refractivity contribution in [2.75, 3.05) is 13.6 Å². The van der Waals surface area contributed by atoms with Gasteiger partial charge in [-0.2, -0.15) is 0 Å². The van der Waals surface area contributed by atoms with Gasteiger partial charge in [-0.1, -0.05) is 40.0 Å². The molecule has 0 radical (unpaired) electrons. The SMILES string of the molecule is CN(CC1CCCCC1)C(=O)N[C@H](C(=O)O)C(C)(C)C. The number of urea groups is 1. The first-order valence-electron chi connectivity index (χ1n) is 7.46. The van der Waals surface area contributed by atoms with Crippen LogP contribution in [0.25, 0.3) is 0 Å². The zero-order valence-electron chi connectivity index (χ0n) is 13.1. The van der Waals surface area contributed by atoms with Crippen LogP contribution in [0.2, 0.25) is 0 Å². The van der Waals surface area contributed by atoms with Crippen molar-refractivity contribution in [1.29, 1.82) is 0 Å². The Morgan fingerprint density at radius 1 is 1.25 bits per heavy atom.